The van der Waals surface area contributed by atoms with Gasteiger partial charge in [-0.1, -0.05) is 28.7 Å². The van der Waals surface area contributed by atoms with Gasteiger partial charge in [-0.3, -0.25) is 9.63 Å². The molecule has 2 aromatic rings. The van der Waals surface area contributed by atoms with E-state index >= 15 is 0 Å². The Bertz CT molecular complexity index is 863. The third-order valence-corrected chi connectivity index (χ3v) is 5.68. The van der Waals surface area contributed by atoms with E-state index in [0.29, 0.717) is 12.1 Å². The molecule has 0 aliphatic carbocycles. The second-order valence-electron chi connectivity index (χ2n) is 6.36. The third kappa shape index (κ3) is 5.61. The Kier molecular flexibility index (Phi) is 7.09. The van der Waals surface area contributed by atoms with Crippen LogP contribution in [0.25, 0.3) is 0 Å². The molecule has 0 radical (unpaired) electrons. The van der Waals surface area contributed by atoms with Gasteiger partial charge in [0.2, 0.25) is 0 Å². The SMILES string of the molecule is CON(C)S(=O)(=O)c1ccc(C(=O)NCc2ccc(CN(C)C)cc2)cc1. The Morgan fingerprint density at radius 2 is 1.52 bits per heavy atom. The lowest BCUT2D eigenvalue weighted by molar-refractivity contribution is -0.0258. The van der Waals surface area contributed by atoms with Crippen molar-refractivity contribution in [2.75, 3.05) is 28.3 Å². The van der Waals surface area contributed by atoms with E-state index < -0.39 is 10.0 Å². The monoisotopic (exact) mass is 391 g/mol. The first-order chi connectivity index (χ1) is 12.7. The lowest BCUT2D eigenvalue weighted by Crippen LogP contribution is -2.26. The normalized spacial score (nSPS) is 11.8. The number of amides is 1. The van der Waals surface area contributed by atoms with Gasteiger partial charge in [-0.2, -0.15) is 0 Å². The molecule has 0 saturated heterocycles. The summed E-state index contributed by atoms with van der Waals surface area (Å²) in [5.41, 5.74) is 2.58. The number of hydrogen-bond acceptors (Lipinski definition) is 5. The minimum absolute atomic E-state index is 0.0554. The van der Waals surface area contributed by atoms with Gasteiger partial charge in [-0.25, -0.2) is 8.42 Å². The van der Waals surface area contributed by atoms with E-state index in [9.17, 15) is 13.2 Å². The molecular weight excluding hydrogens is 366 g/mol. The number of carbonyl (C=O) groups is 1. The lowest BCUT2D eigenvalue weighted by Gasteiger charge is -2.14. The maximum atomic E-state index is 12.3. The highest BCUT2D eigenvalue weighted by Gasteiger charge is 2.20. The van der Waals surface area contributed by atoms with Crippen LogP contribution in [0.15, 0.2) is 53.4 Å². The molecule has 0 aliphatic heterocycles. The van der Waals surface area contributed by atoms with Crippen LogP contribution in [0, 0.1) is 0 Å². The van der Waals surface area contributed by atoms with Gasteiger partial charge in [0.05, 0.1) is 12.0 Å². The molecule has 2 rings (SSSR count). The Balaban J connectivity index is 1.98. The fraction of sp³-hybridized carbons (Fsp3) is 0.316. The zero-order valence-electron chi connectivity index (χ0n) is 16.0. The second-order valence-corrected chi connectivity index (χ2v) is 8.29. The van der Waals surface area contributed by atoms with Crippen molar-refractivity contribution in [2.24, 2.45) is 0 Å². The summed E-state index contributed by atoms with van der Waals surface area (Å²) in [6, 6.07) is 13.8. The molecule has 2 aromatic carbocycles. The number of hydrogen-bond donors (Lipinski definition) is 1. The van der Waals surface area contributed by atoms with Crippen LogP contribution in [0.1, 0.15) is 21.5 Å². The van der Waals surface area contributed by atoms with Gasteiger partial charge in [-0.15, -0.1) is 0 Å². The Morgan fingerprint density at radius 3 is 2.04 bits per heavy atom. The number of benzene rings is 2. The molecule has 0 atom stereocenters. The number of hydroxylamine groups is 1. The summed E-state index contributed by atoms with van der Waals surface area (Å²) in [6.45, 7) is 1.26. The average molecular weight is 391 g/mol. The van der Waals surface area contributed by atoms with Gasteiger partial charge in [0.15, 0.2) is 0 Å². The minimum Gasteiger partial charge on any atom is -0.348 e. The summed E-state index contributed by atoms with van der Waals surface area (Å²) in [7, 11) is 2.88. The molecule has 146 valence electrons. The van der Waals surface area contributed by atoms with Gasteiger partial charge in [0.1, 0.15) is 0 Å². The molecule has 0 heterocycles. The molecule has 1 amide bonds. The van der Waals surface area contributed by atoms with Crippen LogP contribution >= 0.6 is 0 Å². The number of nitrogens with zero attached hydrogens (tertiary/aromatic N) is 2. The Morgan fingerprint density at radius 1 is 0.963 bits per heavy atom. The van der Waals surface area contributed by atoms with Crippen molar-refractivity contribution in [3.8, 4) is 0 Å². The van der Waals surface area contributed by atoms with Crippen LogP contribution in [0.5, 0.6) is 0 Å². The molecule has 1 N–H and O–H groups in total. The Hall–Kier alpha value is -2.26. The standard InChI is InChI=1S/C19H25N3O4S/c1-21(2)14-16-7-5-15(6-8-16)13-20-19(23)17-9-11-18(12-10-17)27(24,25)22(3)26-4/h5-12H,13-14H2,1-4H3,(H,20,23). The number of sulfonamides is 1. The van der Waals surface area contributed by atoms with E-state index in [0.717, 1.165) is 16.6 Å². The zero-order chi connectivity index (χ0) is 20.0. The summed E-state index contributed by atoms with van der Waals surface area (Å²) in [5, 5.41) is 2.83. The van der Waals surface area contributed by atoms with Crippen LogP contribution in [-0.2, 0) is 28.0 Å². The fourth-order valence-electron chi connectivity index (χ4n) is 2.44. The predicted octanol–water partition coefficient (Wildman–Crippen LogP) is 1.86. The summed E-state index contributed by atoms with van der Waals surface area (Å²) in [4.78, 5) is 19.2. The van der Waals surface area contributed by atoms with E-state index in [-0.39, 0.29) is 10.8 Å². The maximum absolute atomic E-state index is 12.3. The van der Waals surface area contributed by atoms with Crippen molar-refractivity contribution in [3.05, 3.63) is 65.2 Å². The molecule has 0 fully saturated rings. The van der Waals surface area contributed by atoms with Gasteiger partial charge in [0.25, 0.3) is 15.9 Å². The summed E-state index contributed by atoms with van der Waals surface area (Å²) < 4.78 is 25.1. The van der Waals surface area contributed by atoms with E-state index in [2.05, 4.69) is 10.2 Å². The minimum atomic E-state index is -3.72. The van der Waals surface area contributed by atoms with Crippen molar-refractivity contribution in [3.63, 3.8) is 0 Å². The molecule has 0 aromatic heterocycles. The highest BCUT2D eigenvalue weighted by molar-refractivity contribution is 7.89. The van der Waals surface area contributed by atoms with Gasteiger partial charge in [-0.05, 0) is 49.5 Å². The molecule has 0 saturated carbocycles. The summed E-state index contributed by atoms with van der Waals surface area (Å²) in [6.07, 6.45) is 0. The predicted molar refractivity (Wildman–Crippen MR) is 103 cm³/mol. The smallest absolute Gasteiger partial charge is 0.264 e. The highest BCUT2D eigenvalue weighted by Crippen LogP contribution is 2.15. The lowest BCUT2D eigenvalue weighted by atomic mass is 10.1. The molecule has 8 heteroatoms. The van der Waals surface area contributed by atoms with Gasteiger partial charge >= 0.3 is 0 Å². The van der Waals surface area contributed by atoms with Gasteiger partial charge in [0, 0.05) is 25.7 Å². The van der Waals surface area contributed by atoms with Gasteiger partial charge < -0.3 is 10.2 Å². The summed E-state index contributed by atoms with van der Waals surface area (Å²) in [5.74, 6) is -0.267. The van der Waals surface area contributed by atoms with Crippen molar-refractivity contribution >= 4 is 15.9 Å². The van der Waals surface area contributed by atoms with Crippen molar-refractivity contribution < 1.29 is 18.0 Å². The van der Waals surface area contributed by atoms with Crippen LogP contribution in [0.4, 0.5) is 0 Å². The van der Waals surface area contributed by atoms with Crippen LogP contribution in [0.2, 0.25) is 0 Å². The van der Waals surface area contributed by atoms with E-state index in [1.54, 1.807) is 0 Å². The van der Waals surface area contributed by atoms with Crippen LogP contribution in [-0.4, -0.2) is 51.9 Å². The topological polar surface area (TPSA) is 78.9 Å². The van der Waals surface area contributed by atoms with Crippen LogP contribution < -0.4 is 5.32 Å². The van der Waals surface area contributed by atoms with E-state index in [1.165, 1.54) is 44.0 Å². The highest BCUT2D eigenvalue weighted by atomic mass is 32.2. The summed E-state index contributed by atoms with van der Waals surface area (Å²) >= 11 is 0. The number of rotatable bonds is 8. The number of carbonyl (C=O) groups excluding carboxylic acids is 1. The number of nitrogens with one attached hydrogen (secondary N) is 1. The van der Waals surface area contributed by atoms with E-state index in [4.69, 9.17) is 4.84 Å². The van der Waals surface area contributed by atoms with Crippen molar-refractivity contribution in [1.82, 2.24) is 14.7 Å². The largest absolute Gasteiger partial charge is 0.348 e. The van der Waals surface area contributed by atoms with Crippen molar-refractivity contribution in [2.45, 2.75) is 18.0 Å². The molecule has 0 unspecified atom stereocenters. The molecule has 27 heavy (non-hydrogen) atoms. The van der Waals surface area contributed by atoms with Crippen LogP contribution in [0.3, 0.4) is 0 Å². The Labute approximate surface area is 160 Å². The quantitative estimate of drug-likeness (QED) is 0.695. The first-order valence-corrected chi connectivity index (χ1v) is 9.82. The third-order valence-electron chi connectivity index (χ3n) is 3.98. The molecule has 0 spiro atoms. The van der Waals surface area contributed by atoms with Crippen molar-refractivity contribution in [1.29, 1.82) is 0 Å². The fourth-order valence-corrected chi connectivity index (χ4v) is 3.41. The first kappa shape index (κ1) is 21.0. The first-order valence-electron chi connectivity index (χ1n) is 8.38. The molecule has 0 aliphatic rings. The average Bonchev–Trinajstić information content (AvgIpc) is 2.66. The molecule has 7 nitrogen and oxygen atoms in total. The molecular formula is C19H25N3O4S. The van der Waals surface area contributed by atoms with E-state index in [1.807, 2.05) is 38.4 Å². The second kappa shape index (κ2) is 9.09. The zero-order valence-corrected chi connectivity index (χ0v) is 16.8. The maximum Gasteiger partial charge on any atom is 0.264 e. The molecule has 0 bridgehead atoms.